The Kier molecular flexibility index (Phi) is 3.72. The number of nitrogens with zero attached hydrogens (tertiary/aromatic N) is 1. The molecule has 1 aromatic heterocycles. The van der Waals surface area contributed by atoms with E-state index in [0.29, 0.717) is 24.0 Å². The van der Waals surface area contributed by atoms with Crippen LogP contribution in [0.5, 0.6) is 0 Å². The van der Waals surface area contributed by atoms with Crippen LogP contribution < -0.4 is 5.73 Å². The van der Waals surface area contributed by atoms with E-state index < -0.39 is 0 Å². The van der Waals surface area contributed by atoms with Gasteiger partial charge in [0.15, 0.2) is 0 Å². The van der Waals surface area contributed by atoms with Crippen molar-refractivity contribution in [1.82, 2.24) is 4.90 Å². The van der Waals surface area contributed by atoms with Crippen molar-refractivity contribution >= 4 is 44.5 Å². The highest BCUT2D eigenvalue weighted by Crippen LogP contribution is 2.32. The summed E-state index contributed by atoms with van der Waals surface area (Å²) in [5, 5.41) is 3.01. The van der Waals surface area contributed by atoms with E-state index in [4.69, 9.17) is 18.0 Å². The van der Waals surface area contributed by atoms with E-state index >= 15 is 0 Å². The summed E-state index contributed by atoms with van der Waals surface area (Å²) in [5.74, 6) is 0.112. The standard InChI is InChI=1S/C15H16N2OS2/c16-14(19)7-8-17(10-5-6-10)15(18)12-9-20-13-4-2-1-3-11(12)13/h1-4,9-10H,5-8H2,(H2,16,19). The second-order valence-electron chi connectivity index (χ2n) is 5.09. The third-order valence-corrected chi connectivity index (χ3v) is 4.73. The largest absolute Gasteiger partial charge is 0.393 e. The highest BCUT2D eigenvalue weighted by Gasteiger charge is 2.33. The molecule has 0 spiro atoms. The van der Waals surface area contributed by atoms with E-state index in [-0.39, 0.29) is 5.91 Å². The fourth-order valence-electron chi connectivity index (χ4n) is 2.36. The Morgan fingerprint density at radius 3 is 2.85 bits per heavy atom. The van der Waals surface area contributed by atoms with Gasteiger partial charge in [-0.1, -0.05) is 30.4 Å². The van der Waals surface area contributed by atoms with Crippen molar-refractivity contribution in [3.63, 3.8) is 0 Å². The zero-order valence-corrected chi connectivity index (χ0v) is 12.7. The number of nitrogens with two attached hydrogens (primary N) is 1. The van der Waals surface area contributed by atoms with Crippen LogP contribution in [0.25, 0.3) is 10.1 Å². The van der Waals surface area contributed by atoms with Crippen LogP contribution in [0.2, 0.25) is 0 Å². The fraction of sp³-hybridized carbons (Fsp3) is 0.333. The molecule has 3 rings (SSSR count). The summed E-state index contributed by atoms with van der Waals surface area (Å²) in [4.78, 5) is 15.2. The van der Waals surface area contributed by atoms with Gasteiger partial charge >= 0.3 is 0 Å². The summed E-state index contributed by atoms with van der Waals surface area (Å²) in [6.07, 6.45) is 2.77. The molecule has 1 saturated carbocycles. The summed E-state index contributed by atoms with van der Waals surface area (Å²) in [6, 6.07) is 8.40. The molecule has 0 aliphatic heterocycles. The Bertz CT molecular complexity index is 661. The third-order valence-electron chi connectivity index (χ3n) is 3.56. The van der Waals surface area contributed by atoms with Crippen LogP contribution in [0.3, 0.4) is 0 Å². The first-order valence-electron chi connectivity index (χ1n) is 6.72. The Morgan fingerprint density at radius 1 is 1.40 bits per heavy atom. The number of benzene rings is 1. The highest BCUT2D eigenvalue weighted by atomic mass is 32.1. The number of thiocarbonyl (C=S) groups is 1. The van der Waals surface area contributed by atoms with E-state index in [0.717, 1.165) is 28.5 Å². The lowest BCUT2D eigenvalue weighted by Crippen LogP contribution is -2.35. The summed E-state index contributed by atoms with van der Waals surface area (Å²) in [6.45, 7) is 0.628. The molecular formula is C15H16N2OS2. The minimum absolute atomic E-state index is 0.112. The van der Waals surface area contributed by atoms with Gasteiger partial charge < -0.3 is 10.6 Å². The van der Waals surface area contributed by atoms with Gasteiger partial charge in [0.25, 0.3) is 5.91 Å². The van der Waals surface area contributed by atoms with E-state index in [1.165, 1.54) is 0 Å². The number of carbonyl (C=O) groups excluding carboxylic acids is 1. The van der Waals surface area contributed by atoms with Gasteiger partial charge in [0.1, 0.15) is 0 Å². The lowest BCUT2D eigenvalue weighted by Gasteiger charge is -2.22. The second kappa shape index (κ2) is 5.50. The quantitative estimate of drug-likeness (QED) is 0.863. The molecule has 1 heterocycles. The monoisotopic (exact) mass is 304 g/mol. The first-order valence-corrected chi connectivity index (χ1v) is 8.01. The number of thiophene rings is 1. The molecule has 1 amide bonds. The van der Waals surface area contributed by atoms with Crippen molar-refractivity contribution in [2.45, 2.75) is 25.3 Å². The van der Waals surface area contributed by atoms with Gasteiger partial charge in [-0.05, 0) is 18.9 Å². The van der Waals surface area contributed by atoms with Gasteiger partial charge in [-0.3, -0.25) is 4.79 Å². The zero-order chi connectivity index (χ0) is 14.1. The molecule has 0 bridgehead atoms. The average Bonchev–Trinajstić information content (AvgIpc) is 3.17. The number of rotatable bonds is 5. The molecule has 0 saturated heterocycles. The summed E-state index contributed by atoms with van der Waals surface area (Å²) in [5.41, 5.74) is 6.37. The highest BCUT2D eigenvalue weighted by molar-refractivity contribution is 7.80. The topological polar surface area (TPSA) is 46.3 Å². The summed E-state index contributed by atoms with van der Waals surface area (Å²) >= 11 is 6.54. The summed E-state index contributed by atoms with van der Waals surface area (Å²) in [7, 11) is 0. The molecule has 1 aliphatic rings. The number of hydrogen-bond donors (Lipinski definition) is 1. The van der Waals surface area contributed by atoms with Gasteiger partial charge in [-0.25, -0.2) is 0 Å². The molecular weight excluding hydrogens is 288 g/mol. The van der Waals surface area contributed by atoms with Gasteiger partial charge in [-0.2, -0.15) is 0 Å². The predicted molar refractivity (Wildman–Crippen MR) is 87.3 cm³/mol. The number of carbonyl (C=O) groups is 1. The van der Waals surface area contributed by atoms with Gasteiger partial charge in [0.05, 0.1) is 10.6 Å². The molecule has 0 radical (unpaired) electrons. The molecule has 1 aromatic carbocycles. The zero-order valence-electron chi connectivity index (χ0n) is 11.0. The van der Waals surface area contributed by atoms with Gasteiger partial charge in [0, 0.05) is 34.5 Å². The summed E-state index contributed by atoms with van der Waals surface area (Å²) < 4.78 is 1.15. The second-order valence-corrected chi connectivity index (χ2v) is 6.53. The van der Waals surface area contributed by atoms with E-state index in [9.17, 15) is 4.79 Å². The number of hydrogen-bond acceptors (Lipinski definition) is 3. The number of fused-ring (bicyclic) bond motifs is 1. The molecule has 5 heteroatoms. The van der Waals surface area contributed by atoms with E-state index in [2.05, 4.69) is 0 Å². The molecule has 104 valence electrons. The third kappa shape index (κ3) is 2.69. The van der Waals surface area contributed by atoms with E-state index in [1.54, 1.807) is 11.3 Å². The Morgan fingerprint density at radius 2 is 2.15 bits per heavy atom. The number of amides is 1. The maximum Gasteiger partial charge on any atom is 0.255 e. The lowest BCUT2D eigenvalue weighted by molar-refractivity contribution is 0.0750. The van der Waals surface area contributed by atoms with Crippen LogP contribution in [0.4, 0.5) is 0 Å². The van der Waals surface area contributed by atoms with Crippen molar-refractivity contribution in [2.75, 3.05) is 6.54 Å². The molecule has 2 N–H and O–H groups in total. The predicted octanol–water partition coefficient (Wildman–Crippen LogP) is 3.18. The normalized spacial score (nSPS) is 14.4. The maximum atomic E-state index is 12.8. The van der Waals surface area contributed by atoms with Gasteiger partial charge in [-0.15, -0.1) is 11.3 Å². The minimum atomic E-state index is 0.112. The van der Waals surface area contributed by atoms with Crippen LogP contribution in [-0.2, 0) is 0 Å². The van der Waals surface area contributed by atoms with Crippen LogP contribution in [0.1, 0.15) is 29.6 Å². The van der Waals surface area contributed by atoms with Crippen molar-refractivity contribution < 1.29 is 4.79 Å². The maximum absolute atomic E-state index is 12.8. The minimum Gasteiger partial charge on any atom is -0.393 e. The van der Waals surface area contributed by atoms with Crippen LogP contribution in [0, 0.1) is 0 Å². The molecule has 20 heavy (non-hydrogen) atoms. The Labute approximate surface area is 127 Å². The molecule has 1 aliphatic carbocycles. The smallest absolute Gasteiger partial charge is 0.255 e. The van der Waals surface area contributed by atoms with Crippen LogP contribution in [-0.4, -0.2) is 28.4 Å². The van der Waals surface area contributed by atoms with Crippen molar-refractivity contribution in [3.8, 4) is 0 Å². The van der Waals surface area contributed by atoms with Crippen LogP contribution >= 0.6 is 23.6 Å². The molecule has 3 nitrogen and oxygen atoms in total. The van der Waals surface area contributed by atoms with Crippen LogP contribution in [0.15, 0.2) is 29.6 Å². The van der Waals surface area contributed by atoms with Crippen molar-refractivity contribution in [2.24, 2.45) is 5.73 Å². The molecule has 0 unspecified atom stereocenters. The van der Waals surface area contributed by atoms with Crippen molar-refractivity contribution in [3.05, 3.63) is 35.2 Å². The lowest BCUT2D eigenvalue weighted by atomic mass is 10.1. The molecule has 0 atom stereocenters. The Hall–Kier alpha value is -1.46. The average molecular weight is 304 g/mol. The molecule has 1 fully saturated rings. The first kappa shape index (κ1) is 13.5. The van der Waals surface area contributed by atoms with Crippen molar-refractivity contribution in [1.29, 1.82) is 0 Å². The van der Waals surface area contributed by atoms with Gasteiger partial charge in [0.2, 0.25) is 0 Å². The van der Waals surface area contributed by atoms with E-state index in [1.807, 2.05) is 34.5 Å². The SMILES string of the molecule is NC(=S)CCN(C(=O)c1csc2ccccc12)C1CC1. The Balaban J connectivity index is 1.87. The first-order chi connectivity index (χ1) is 9.66. The molecule has 2 aromatic rings. The fourth-order valence-corrected chi connectivity index (χ4v) is 3.39.